The summed E-state index contributed by atoms with van der Waals surface area (Å²) in [6, 6.07) is 3.91. The maximum absolute atomic E-state index is 12.7. The molecule has 11 nitrogen and oxygen atoms in total. The van der Waals surface area contributed by atoms with Crippen LogP contribution in [0.4, 0.5) is 5.69 Å². The number of carbonyl (C=O) groups excluding carboxylic acids is 1. The quantitative estimate of drug-likeness (QED) is 0.555. The molecule has 5 heterocycles. The summed E-state index contributed by atoms with van der Waals surface area (Å²) >= 11 is 0. The molecule has 5 rings (SSSR count). The van der Waals surface area contributed by atoms with Gasteiger partial charge in [0, 0.05) is 39.2 Å². The zero-order chi connectivity index (χ0) is 23.7. The Morgan fingerprint density at radius 2 is 2.09 bits per heavy atom. The SMILES string of the molecule is COc1ncc(N2CCc3ncnc(OC4CCN(C(=O)c5cnn(C)c5)C4)c3C2)cc1C#N. The predicted molar refractivity (Wildman–Crippen MR) is 120 cm³/mol. The Balaban J connectivity index is 1.31. The lowest BCUT2D eigenvalue weighted by Crippen LogP contribution is -2.33. The number of nitriles is 1. The van der Waals surface area contributed by atoms with Crippen LogP contribution in [0.25, 0.3) is 0 Å². The average Bonchev–Trinajstić information content (AvgIpc) is 3.52. The first kappa shape index (κ1) is 21.6. The smallest absolute Gasteiger partial charge is 0.257 e. The Bertz CT molecular complexity index is 1270. The molecule has 0 aromatic carbocycles. The highest BCUT2D eigenvalue weighted by Crippen LogP contribution is 2.31. The summed E-state index contributed by atoms with van der Waals surface area (Å²) in [7, 11) is 3.28. The molecule has 0 spiro atoms. The highest BCUT2D eigenvalue weighted by atomic mass is 16.5. The lowest BCUT2D eigenvalue weighted by atomic mass is 10.1. The highest BCUT2D eigenvalue weighted by molar-refractivity contribution is 5.93. The van der Waals surface area contributed by atoms with E-state index >= 15 is 0 Å². The van der Waals surface area contributed by atoms with E-state index < -0.39 is 0 Å². The zero-order valence-electron chi connectivity index (χ0n) is 19.0. The van der Waals surface area contributed by atoms with Crippen molar-refractivity contribution < 1.29 is 14.3 Å². The fraction of sp³-hybridized carbons (Fsp3) is 0.391. The summed E-state index contributed by atoms with van der Waals surface area (Å²) in [6.07, 6.45) is 7.83. The molecular formula is C23H24N8O3. The molecule has 34 heavy (non-hydrogen) atoms. The molecule has 0 saturated carbocycles. The van der Waals surface area contributed by atoms with Gasteiger partial charge < -0.3 is 19.3 Å². The number of carbonyl (C=O) groups is 1. The van der Waals surface area contributed by atoms with Crippen molar-refractivity contribution in [1.29, 1.82) is 5.26 Å². The van der Waals surface area contributed by atoms with Crippen LogP contribution in [0.2, 0.25) is 0 Å². The molecule has 174 valence electrons. The fourth-order valence-electron chi connectivity index (χ4n) is 4.38. The lowest BCUT2D eigenvalue weighted by molar-refractivity contribution is 0.0770. The Morgan fingerprint density at radius 3 is 2.85 bits per heavy atom. The van der Waals surface area contributed by atoms with E-state index in [0.717, 1.165) is 36.3 Å². The van der Waals surface area contributed by atoms with Crippen molar-refractivity contribution in [3.8, 4) is 17.8 Å². The number of hydrogen-bond acceptors (Lipinski definition) is 9. The molecule has 3 aromatic rings. The van der Waals surface area contributed by atoms with Gasteiger partial charge in [-0.05, 0) is 6.07 Å². The predicted octanol–water partition coefficient (Wildman–Crippen LogP) is 1.34. The Hall–Kier alpha value is -4.20. The number of aryl methyl sites for hydroxylation is 1. The number of nitrogens with zero attached hydrogens (tertiary/aromatic N) is 8. The van der Waals surface area contributed by atoms with E-state index in [4.69, 9.17) is 9.47 Å². The molecule has 1 fully saturated rings. The van der Waals surface area contributed by atoms with Crippen molar-refractivity contribution in [2.24, 2.45) is 7.05 Å². The normalized spacial score (nSPS) is 17.3. The number of ether oxygens (including phenoxy) is 2. The van der Waals surface area contributed by atoms with Gasteiger partial charge >= 0.3 is 0 Å². The monoisotopic (exact) mass is 460 g/mol. The molecule has 0 radical (unpaired) electrons. The van der Waals surface area contributed by atoms with Crippen LogP contribution < -0.4 is 14.4 Å². The first-order valence-electron chi connectivity index (χ1n) is 11.0. The molecule has 11 heteroatoms. The number of anilines is 1. The van der Waals surface area contributed by atoms with Crippen LogP contribution in [0.3, 0.4) is 0 Å². The van der Waals surface area contributed by atoms with Gasteiger partial charge in [0.15, 0.2) is 0 Å². The van der Waals surface area contributed by atoms with E-state index in [0.29, 0.717) is 42.5 Å². The number of methoxy groups -OCH3 is 1. The first-order chi connectivity index (χ1) is 16.6. The molecule has 2 aliphatic heterocycles. The third-order valence-corrected chi connectivity index (χ3v) is 6.14. The molecule has 0 bridgehead atoms. The Kier molecular flexibility index (Phi) is 5.71. The van der Waals surface area contributed by atoms with Gasteiger partial charge in [0.25, 0.3) is 5.91 Å². The van der Waals surface area contributed by atoms with Crippen molar-refractivity contribution in [3.63, 3.8) is 0 Å². The topological polar surface area (TPSA) is 122 Å². The molecule has 1 unspecified atom stereocenters. The van der Waals surface area contributed by atoms with Gasteiger partial charge in [-0.2, -0.15) is 10.4 Å². The number of aromatic nitrogens is 5. The largest absolute Gasteiger partial charge is 0.480 e. The minimum atomic E-state index is -0.150. The maximum Gasteiger partial charge on any atom is 0.257 e. The highest BCUT2D eigenvalue weighted by Gasteiger charge is 2.31. The van der Waals surface area contributed by atoms with Gasteiger partial charge in [-0.25, -0.2) is 15.0 Å². The summed E-state index contributed by atoms with van der Waals surface area (Å²) in [6.45, 7) is 2.38. The summed E-state index contributed by atoms with van der Waals surface area (Å²) in [5.74, 6) is 0.801. The summed E-state index contributed by atoms with van der Waals surface area (Å²) in [5, 5.41) is 13.5. The Labute approximate surface area is 196 Å². The fourth-order valence-corrected chi connectivity index (χ4v) is 4.38. The van der Waals surface area contributed by atoms with Crippen LogP contribution in [0, 0.1) is 11.3 Å². The number of hydrogen-bond donors (Lipinski definition) is 0. The van der Waals surface area contributed by atoms with Crippen LogP contribution in [0.5, 0.6) is 11.8 Å². The van der Waals surface area contributed by atoms with Crippen molar-refractivity contribution in [2.45, 2.75) is 25.5 Å². The van der Waals surface area contributed by atoms with Crippen LogP contribution in [0.1, 0.15) is 33.6 Å². The van der Waals surface area contributed by atoms with Crippen molar-refractivity contribution in [1.82, 2.24) is 29.6 Å². The van der Waals surface area contributed by atoms with Gasteiger partial charge in [-0.3, -0.25) is 9.48 Å². The average molecular weight is 460 g/mol. The van der Waals surface area contributed by atoms with Crippen molar-refractivity contribution in [3.05, 3.63) is 53.4 Å². The zero-order valence-corrected chi connectivity index (χ0v) is 19.0. The van der Waals surface area contributed by atoms with Crippen LogP contribution >= 0.6 is 0 Å². The molecule has 1 atom stereocenters. The molecule has 1 saturated heterocycles. The molecule has 2 aliphatic rings. The lowest BCUT2D eigenvalue weighted by Gasteiger charge is -2.31. The molecular weight excluding hydrogens is 436 g/mol. The summed E-state index contributed by atoms with van der Waals surface area (Å²) in [4.78, 5) is 29.8. The number of pyridine rings is 1. The second-order valence-electron chi connectivity index (χ2n) is 8.32. The minimum absolute atomic E-state index is 0.0459. The van der Waals surface area contributed by atoms with Crippen molar-refractivity contribution in [2.75, 3.05) is 31.6 Å². The van der Waals surface area contributed by atoms with E-state index in [1.54, 1.807) is 41.3 Å². The van der Waals surface area contributed by atoms with Crippen LogP contribution in [-0.4, -0.2) is 68.4 Å². The van der Waals surface area contributed by atoms with Gasteiger partial charge in [0.2, 0.25) is 11.8 Å². The third kappa shape index (κ3) is 4.10. The van der Waals surface area contributed by atoms with Crippen LogP contribution in [0.15, 0.2) is 31.0 Å². The first-order valence-corrected chi connectivity index (χ1v) is 11.0. The maximum atomic E-state index is 12.7. The second kappa shape index (κ2) is 8.97. The molecule has 0 N–H and O–H groups in total. The number of rotatable bonds is 5. The number of likely N-dealkylation sites (tertiary alicyclic amines) is 1. The van der Waals surface area contributed by atoms with E-state index in [9.17, 15) is 10.1 Å². The number of fused-ring (bicyclic) bond motifs is 1. The standard InChI is InChI=1S/C23H24N8O3/c1-29-11-16(9-28-29)23(32)31-5-3-18(12-31)34-22-19-13-30(6-4-20(19)26-14-27-22)17-7-15(8-24)21(33-2)25-10-17/h7,9-11,14,18H,3-6,12-13H2,1-2H3. The van der Waals surface area contributed by atoms with Gasteiger partial charge in [-0.15, -0.1) is 0 Å². The van der Waals surface area contributed by atoms with Gasteiger partial charge in [0.1, 0.15) is 24.1 Å². The molecule has 0 aliphatic carbocycles. The van der Waals surface area contributed by atoms with E-state index in [2.05, 4.69) is 31.0 Å². The van der Waals surface area contributed by atoms with Crippen molar-refractivity contribution >= 4 is 11.6 Å². The van der Waals surface area contributed by atoms with E-state index in [1.807, 2.05) is 0 Å². The Morgan fingerprint density at radius 1 is 1.21 bits per heavy atom. The summed E-state index contributed by atoms with van der Waals surface area (Å²) in [5.41, 5.74) is 3.65. The summed E-state index contributed by atoms with van der Waals surface area (Å²) < 4.78 is 13.1. The van der Waals surface area contributed by atoms with E-state index in [1.165, 1.54) is 13.4 Å². The molecule has 1 amide bonds. The van der Waals surface area contributed by atoms with Crippen LogP contribution in [-0.2, 0) is 20.0 Å². The molecule has 3 aromatic heterocycles. The minimum Gasteiger partial charge on any atom is -0.480 e. The van der Waals surface area contributed by atoms with Gasteiger partial charge in [-0.1, -0.05) is 0 Å². The third-order valence-electron chi connectivity index (χ3n) is 6.14. The second-order valence-corrected chi connectivity index (χ2v) is 8.32. The van der Waals surface area contributed by atoms with E-state index in [-0.39, 0.29) is 12.0 Å². The number of amides is 1. The van der Waals surface area contributed by atoms with Gasteiger partial charge in [0.05, 0.1) is 55.1 Å².